The van der Waals surface area contributed by atoms with Crippen molar-refractivity contribution in [2.45, 2.75) is 11.7 Å². The summed E-state index contributed by atoms with van der Waals surface area (Å²) in [4.78, 5) is 36.7. The number of halogens is 1. The van der Waals surface area contributed by atoms with Crippen LogP contribution in [0.1, 0.15) is 16.2 Å². The van der Waals surface area contributed by atoms with E-state index >= 15 is 0 Å². The standard InChI is InChI=1S/C22H22FN7O3S/c1-28-16-9-8-13(10-17(16)29(2)22(28)33)25-19(31)12-34-21-27-26-18(30(21)3)11-24-20(32)14-6-4-5-7-15(14)23/h4-10H,11-12H2,1-3H3,(H,24,32)(H,25,31). The van der Waals surface area contributed by atoms with Crippen LogP contribution in [0.3, 0.4) is 0 Å². The first-order valence-electron chi connectivity index (χ1n) is 10.3. The second-order valence-electron chi connectivity index (χ2n) is 7.56. The number of aryl methyl sites for hydroxylation is 2. The van der Waals surface area contributed by atoms with E-state index in [1.807, 2.05) is 0 Å². The molecule has 0 fully saturated rings. The molecule has 0 unspecified atom stereocenters. The Morgan fingerprint density at radius 3 is 2.50 bits per heavy atom. The topological polar surface area (TPSA) is 116 Å². The molecule has 0 saturated carbocycles. The predicted molar refractivity (Wildman–Crippen MR) is 126 cm³/mol. The van der Waals surface area contributed by atoms with E-state index in [0.29, 0.717) is 22.2 Å². The van der Waals surface area contributed by atoms with E-state index in [2.05, 4.69) is 20.8 Å². The fraction of sp³-hybridized carbons (Fsp3) is 0.227. The minimum absolute atomic E-state index is 0.0512. The minimum atomic E-state index is -0.603. The Kier molecular flexibility index (Phi) is 6.50. The molecule has 2 aromatic heterocycles. The first kappa shape index (κ1) is 23.2. The number of hydrogen-bond acceptors (Lipinski definition) is 6. The summed E-state index contributed by atoms with van der Waals surface area (Å²) in [5.41, 5.74) is 1.87. The van der Waals surface area contributed by atoms with Crippen molar-refractivity contribution >= 4 is 40.3 Å². The van der Waals surface area contributed by atoms with Crippen molar-refractivity contribution in [1.29, 1.82) is 0 Å². The average molecular weight is 484 g/mol. The second-order valence-corrected chi connectivity index (χ2v) is 8.50. The van der Waals surface area contributed by atoms with E-state index in [1.165, 1.54) is 34.5 Å². The van der Waals surface area contributed by atoms with E-state index in [1.54, 1.807) is 54.5 Å². The Morgan fingerprint density at radius 2 is 1.74 bits per heavy atom. The number of hydrogen-bond donors (Lipinski definition) is 2. The highest BCUT2D eigenvalue weighted by Gasteiger charge is 2.15. The molecule has 0 aliphatic heterocycles. The lowest BCUT2D eigenvalue weighted by molar-refractivity contribution is -0.113. The van der Waals surface area contributed by atoms with E-state index < -0.39 is 11.7 Å². The Bertz CT molecular complexity index is 1460. The van der Waals surface area contributed by atoms with Crippen LogP contribution in [0.2, 0.25) is 0 Å². The van der Waals surface area contributed by atoms with Crippen LogP contribution in [0.5, 0.6) is 0 Å². The first-order chi connectivity index (χ1) is 16.3. The summed E-state index contributed by atoms with van der Waals surface area (Å²) in [5.74, 6) is -0.860. The number of carbonyl (C=O) groups excluding carboxylic acids is 2. The predicted octanol–water partition coefficient (Wildman–Crippen LogP) is 1.81. The Morgan fingerprint density at radius 1 is 1.00 bits per heavy atom. The number of amides is 2. The number of fused-ring (bicyclic) bond motifs is 1. The largest absolute Gasteiger partial charge is 0.345 e. The van der Waals surface area contributed by atoms with Crippen LogP contribution in [0.25, 0.3) is 11.0 Å². The number of aromatic nitrogens is 5. The van der Waals surface area contributed by atoms with Gasteiger partial charge in [0, 0.05) is 26.8 Å². The average Bonchev–Trinajstić information content (AvgIpc) is 3.28. The van der Waals surface area contributed by atoms with Gasteiger partial charge in [-0.3, -0.25) is 18.7 Å². The van der Waals surface area contributed by atoms with E-state index in [4.69, 9.17) is 0 Å². The van der Waals surface area contributed by atoms with Crippen molar-refractivity contribution in [3.8, 4) is 0 Å². The van der Waals surface area contributed by atoms with Crippen LogP contribution < -0.4 is 16.3 Å². The normalized spacial score (nSPS) is 11.1. The molecule has 34 heavy (non-hydrogen) atoms. The molecule has 0 atom stereocenters. The van der Waals surface area contributed by atoms with E-state index in [0.717, 1.165) is 5.52 Å². The number of thioether (sulfide) groups is 1. The number of anilines is 1. The lowest BCUT2D eigenvalue weighted by atomic mass is 10.2. The summed E-state index contributed by atoms with van der Waals surface area (Å²) >= 11 is 1.19. The zero-order valence-corrected chi connectivity index (χ0v) is 19.5. The Hall–Kier alpha value is -3.93. The lowest BCUT2D eigenvalue weighted by Gasteiger charge is -2.07. The molecule has 0 spiro atoms. The third-order valence-corrected chi connectivity index (χ3v) is 6.36. The molecule has 2 N–H and O–H groups in total. The third kappa shape index (κ3) is 4.57. The van der Waals surface area contributed by atoms with Gasteiger partial charge in [0.05, 0.1) is 28.9 Å². The highest BCUT2D eigenvalue weighted by atomic mass is 32.2. The smallest absolute Gasteiger partial charge is 0.328 e. The molecule has 2 amide bonds. The van der Waals surface area contributed by atoms with Crippen molar-refractivity contribution in [3.63, 3.8) is 0 Å². The van der Waals surface area contributed by atoms with Crippen LogP contribution in [0.15, 0.2) is 52.4 Å². The second kappa shape index (κ2) is 9.51. The van der Waals surface area contributed by atoms with Crippen LogP contribution in [-0.4, -0.2) is 41.5 Å². The number of nitrogens with zero attached hydrogens (tertiary/aromatic N) is 5. The number of benzene rings is 2. The van der Waals surface area contributed by atoms with Gasteiger partial charge < -0.3 is 15.2 Å². The SMILES string of the molecule is Cn1c(CNC(=O)c2ccccc2F)nnc1SCC(=O)Nc1ccc2c(c1)n(C)c(=O)n2C. The third-order valence-electron chi connectivity index (χ3n) is 5.34. The van der Waals surface area contributed by atoms with Gasteiger partial charge in [-0.05, 0) is 30.3 Å². The molecular weight excluding hydrogens is 461 g/mol. The number of nitrogens with one attached hydrogen (secondary N) is 2. The van der Waals surface area contributed by atoms with Crippen LogP contribution in [0, 0.1) is 5.82 Å². The molecule has 0 saturated heterocycles. The quantitative estimate of drug-likeness (QED) is 0.388. The van der Waals surface area contributed by atoms with Gasteiger partial charge in [0.25, 0.3) is 5.91 Å². The van der Waals surface area contributed by atoms with E-state index in [-0.39, 0.29) is 29.5 Å². The van der Waals surface area contributed by atoms with Gasteiger partial charge in [-0.25, -0.2) is 9.18 Å². The summed E-state index contributed by atoms with van der Waals surface area (Å²) < 4.78 is 18.5. The number of carbonyl (C=O) groups is 2. The number of rotatable bonds is 7. The van der Waals surface area contributed by atoms with Crippen molar-refractivity contribution in [2.24, 2.45) is 21.1 Å². The monoisotopic (exact) mass is 483 g/mol. The van der Waals surface area contributed by atoms with Gasteiger partial charge in [-0.2, -0.15) is 0 Å². The summed E-state index contributed by atoms with van der Waals surface area (Å²) in [6.45, 7) is 0.0548. The van der Waals surface area contributed by atoms with Crippen molar-refractivity contribution in [2.75, 3.05) is 11.1 Å². The zero-order valence-electron chi connectivity index (χ0n) is 18.7. The van der Waals surface area contributed by atoms with Gasteiger partial charge >= 0.3 is 5.69 Å². The molecule has 4 rings (SSSR count). The van der Waals surface area contributed by atoms with Gasteiger partial charge in [-0.15, -0.1) is 10.2 Å². The summed E-state index contributed by atoms with van der Waals surface area (Å²) in [6.07, 6.45) is 0. The van der Waals surface area contributed by atoms with Crippen molar-refractivity contribution in [1.82, 2.24) is 29.2 Å². The molecular formula is C22H22FN7O3S. The molecule has 0 aliphatic carbocycles. The van der Waals surface area contributed by atoms with E-state index in [9.17, 15) is 18.8 Å². The van der Waals surface area contributed by atoms with Gasteiger partial charge in [0.2, 0.25) is 5.91 Å². The van der Waals surface area contributed by atoms with Gasteiger partial charge in [0.1, 0.15) is 5.82 Å². The zero-order chi connectivity index (χ0) is 24.4. The van der Waals surface area contributed by atoms with Crippen molar-refractivity contribution < 1.29 is 14.0 Å². The fourth-order valence-corrected chi connectivity index (χ4v) is 4.17. The number of imidazole rings is 1. The summed E-state index contributed by atoms with van der Waals surface area (Å²) in [7, 11) is 5.09. The molecule has 2 heterocycles. The maximum atomic E-state index is 13.7. The molecule has 176 valence electrons. The molecule has 0 radical (unpaired) electrons. The fourth-order valence-electron chi connectivity index (χ4n) is 3.44. The molecule has 2 aromatic carbocycles. The highest BCUT2D eigenvalue weighted by molar-refractivity contribution is 7.99. The van der Waals surface area contributed by atoms with Gasteiger partial charge in [0.15, 0.2) is 11.0 Å². The summed E-state index contributed by atoms with van der Waals surface area (Å²) in [6, 6.07) is 11.0. The Balaban J connectivity index is 1.34. The summed E-state index contributed by atoms with van der Waals surface area (Å²) in [5, 5.41) is 14.0. The lowest BCUT2D eigenvalue weighted by Crippen LogP contribution is -2.25. The molecule has 10 nitrogen and oxygen atoms in total. The van der Waals surface area contributed by atoms with Crippen LogP contribution in [-0.2, 0) is 32.5 Å². The highest BCUT2D eigenvalue weighted by Crippen LogP contribution is 2.19. The molecule has 0 bridgehead atoms. The van der Waals surface area contributed by atoms with Gasteiger partial charge in [-0.1, -0.05) is 23.9 Å². The first-order valence-corrected chi connectivity index (χ1v) is 11.2. The minimum Gasteiger partial charge on any atom is -0.345 e. The Labute approximate surface area is 197 Å². The van der Waals surface area contributed by atoms with Crippen LogP contribution >= 0.6 is 11.8 Å². The maximum Gasteiger partial charge on any atom is 0.328 e. The molecule has 0 aliphatic rings. The maximum absolute atomic E-state index is 13.7. The molecule has 12 heteroatoms. The molecule has 4 aromatic rings. The van der Waals surface area contributed by atoms with Crippen molar-refractivity contribution in [3.05, 3.63) is 70.2 Å². The van der Waals surface area contributed by atoms with Crippen LogP contribution in [0.4, 0.5) is 10.1 Å².